The Labute approximate surface area is 127 Å². The highest BCUT2D eigenvalue weighted by molar-refractivity contribution is 9.09. The smallest absolute Gasteiger partial charge is 0.273 e. The van der Waals surface area contributed by atoms with E-state index in [0.29, 0.717) is 12.2 Å². The van der Waals surface area contributed by atoms with Crippen LogP contribution in [0.25, 0.3) is 0 Å². The van der Waals surface area contributed by atoms with Crippen molar-refractivity contribution in [2.24, 2.45) is 0 Å². The van der Waals surface area contributed by atoms with E-state index in [4.69, 9.17) is 0 Å². The minimum Gasteiger partial charge on any atom is -0.320 e. The van der Waals surface area contributed by atoms with Crippen LogP contribution in [0.2, 0.25) is 0 Å². The van der Waals surface area contributed by atoms with E-state index in [0.717, 1.165) is 16.9 Å². The number of carbonyl (C=O) groups excluding carboxylic acids is 1. The van der Waals surface area contributed by atoms with Gasteiger partial charge >= 0.3 is 0 Å². The number of benzene rings is 1. The number of nitrogens with zero attached hydrogens (tertiary/aromatic N) is 2. The van der Waals surface area contributed by atoms with Crippen LogP contribution >= 0.6 is 15.9 Å². The van der Waals surface area contributed by atoms with E-state index in [9.17, 15) is 4.79 Å². The molecule has 2 rings (SSSR count). The summed E-state index contributed by atoms with van der Waals surface area (Å²) in [6.07, 6.45) is 0. The molecular weight excluding hydrogens is 318 g/mol. The number of aromatic nitrogens is 2. The minimum atomic E-state index is -0.131. The van der Waals surface area contributed by atoms with Crippen LogP contribution in [0.15, 0.2) is 30.3 Å². The molecule has 1 amide bonds. The number of aryl methyl sites for hydroxylation is 2. The number of alkyl halides is 1. The Hall–Kier alpha value is -1.62. The number of amides is 1. The largest absolute Gasteiger partial charge is 0.320 e. The van der Waals surface area contributed by atoms with Gasteiger partial charge < -0.3 is 5.32 Å². The first kappa shape index (κ1) is 14.8. The predicted octanol–water partition coefficient (Wildman–Crippen LogP) is 3.92. The van der Waals surface area contributed by atoms with Crippen molar-refractivity contribution in [1.82, 2.24) is 9.78 Å². The van der Waals surface area contributed by atoms with Gasteiger partial charge in [0.15, 0.2) is 0 Å². The van der Waals surface area contributed by atoms with Crippen molar-refractivity contribution in [3.63, 3.8) is 0 Å². The lowest BCUT2D eigenvalue weighted by Crippen LogP contribution is -2.18. The lowest BCUT2D eigenvalue weighted by molar-refractivity contribution is 0.101. The van der Waals surface area contributed by atoms with Crippen molar-refractivity contribution in [2.45, 2.75) is 32.1 Å². The number of nitrogens with one attached hydrogen (secondary N) is 1. The van der Waals surface area contributed by atoms with Crippen LogP contribution in [-0.2, 0) is 6.54 Å². The first-order chi connectivity index (χ1) is 9.52. The highest BCUT2D eigenvalue weighted by atomic mass is 79.9. The Kier molecular flexibility index (Phi) is 4.60. The molecule has 0 bridgehead atoms. The molecule has 2 aromatic rings. The van der Waals surface area contributed by atoms with E-state index in [1.54, 1.807) is 10.7 Å². The monoisotopic (exact) mass is 335 g/mol. The third kappa shape index (κ3) is 3.10. The van der Waals surface area contributed by atoms with Gasteiger partial charge in [0.25, 0.3) is 5.91 Å². The quantitative estimate of drug-likeness (QED) is 0.860. The Morgan fingerprint density at radius 2 is 2.15 bits per heavy atom. The number of carbonyl (C=O) groups is 1. The molecule has 0 fully saturated rings. The standard InChI is InChI=1S/C15H18BrN3O/c1-4-19-14(9-10(2)18-19)15(20)17-13-8-6-5-7-12(13)11(3)16/h5-9,11H,4H2,1-3H3,(H,17,20). The minimum absolute atomic E-state index is 0.131. The van der Waals surface area contributed by atoms with Crippen LogP contribution in [0.1, 0.15) is 40.4 Å². The zero-order valence-electron chi connectivity index (χ0n) is 11.9. The van der Waals surface area contributed by atoms with E-state index < -0.39 is 0 Å². The second-order valence-electron chi connectivity index (χ2n) is 4.64. The zero-order chi connectivity index (χ0) is 14.7. The molecule has 0 aliphatic heterocycles. The molecule has 106 valence electrons. The molecule has 0 saturated heterocycles. The summed E-state index contributed by atoms with van der Waals surface area (Å²) in [5.74, 6) is -0.131. The Bertz CT molecular complexity index is 619. The number of halogens is 1. The molecule has 20 heavy (non-hydrogen) atoms. The molecule has 1 aromatic heterocycles. The first-order valence-electron chi connectivity index (χ1n) is 6.61. The molecule has 0 saturated carbocycles. The normalized spacial score (nSPS) is 12.2. The van der Waals surface area contributed by atoms with Gasteiger partial charge in [-0.3, -0.25) is 9.48 Å². The van der Waals surface area contributed by atoms with Gasteiger partial charge in [-0.1, -0.05) is 34.1 Å². The summed E-state index contributed by atoms with van der Waals surface area (Å²) in [4.78, 5) is 12.6. The van der Waals surface area contributed by atoms with E-state index in [1.807, 2.05) is 45.0 Å². The molecular formula is C15H18BrN3O. The molecule has 0 spiro atoms. The first-order valence-corrected chi connectivity index (χ1v) is 7.53. The molecule has 0 aliphatic carbocycles. The summed E-state index contributed by atoms with van der Waals surface area (Å²) in [5, 5.41) is 7.26. The van der Waals surface area contributed by atoms with Crippen molar-refractivity contribution >= 4 is 27.5 Å². The Morgan fingerprint density at radius 1 is 1.45 bits per heavy atom. The maximum atomic E-state index is 12.4. The third-order valence-electron chi connectivity index (χ3n) is 3.07. The molecule has 4 nitrogen and oxygen atoms in total. The maximum absolute atomic E-state index is 12.4. The highest BCUT2D eigenvalue weighted by Crippen LogP contribution is 2.28. The van der Waals surface area contributed by atoms with Crippen LogP contribution in [0.5, 0.6) is 0 Å². The summed E-state index contributed by atoms with van der Waals surface area (Å²) in [5.41, 5.74) is 3.31. The summed E-state index contributed by atoms with van der Waals surface area (Å²) in [7, 11) is 0. The number of rotatable bonds is 4. The van der Waals surface area contributed by atoms with Crippen LogP contribution < -0.4 is 5.32 Å². The topological polar surface area (TPSA) is 46.9 Å². The molecule has 1 heterocycles. The van der Waals surface area contributed by atoms with Crippen molar-refractivity contribution in [2.75, 3.05) is 5.32 Å². The molecule has 1 N–H and O–H groups in total. The fraction of sp³-hybridized carbons (Fsp3) is 0.333. The molecule has 1 unspecified atom stereocenters. The maximum Gasteiger partial charge on any atom is 0.273 e. The van der Waals surface area contributed by atoms with E-state index in [1.165, 1.54) is 0 Å². The highest BCUT2D eigenvalue weighted by Gasteiger charge is 2.15. The van der Waals surface area contributed by atoms with Gasteiger partial charge in [-0.2, -0.15) is 5.10 Å². The SMILES string of the molecule is CCn1nc(C)cc1C(=O)Nc1ccccc1C(C)Br. The number of para-hydroxylation sites is 1. The molecule has 5 heteroatoms. The molecule has 1 aromatic carbocycles. The lowest BCUT2D eigenvalue weighted by atomic mass is 10.1. The summed E-state index contributed by atoms with van der Waals surface area (Å²) in [6, 6.07) is 9.58. The average molecular weight is 336 g/mol. The third-order valence-corrected chi connectivity index (χ3v) is 3.57. The molecule has 0 radical (unpaired) electrons. The number of anilines is 1. The van der Waals surface area contributed by atoms with Crippen LogP contribution in [-0.4, -0.2) is 15.7 Å². The van der Waals surface area contributed by atoms with Crippen LogP contribution in [0, 0.1) is 6.92 Å². The van der Waals surface area contributed by atoms with Gasteiger partial charge in [-0.15, -0.1) is 0 Å². The van der Waals surface area contributed by atoms with Gasteiger partial charge in [0.2, 0.25) is 0 Å². The van der Waals surface area contributed by atoms with Gasteiger partial charge in [0, 0.05) is 17.1 Å². The average Bonchev–Trinajstić information content (AvgIpc) is 2.80. The number of hydrogen-bond donors (Lipinski definition) is 1. The van der Waals surface area contributed by atoms with Gasteiger partial charge in [0.05, 0.1) is 5.69 Å². The fourth-order valence-electron chi connectivity index (χ4n) is 2.11. The summed E-state index contributed by atoms with van der Waals surface area (Å²) >= 11 is 3.54. The van der Waals surface area contributed by atoms with Crippen molar-refractivity contribution in [3.05, 3.63) is 47.3 Å². The van der Waals surface area contributed by atoms with Crippen molar-refractivity contribution in [1.29, 1.82) is 0 Å². The van der Waals surface area contributed by atoms with E-state index >= 15 is 0 Å². The van der Waals surface area contributed by atoms with Gasteiger partial charge in [-0.25, -0.2) is 0 Å². The Morgan fingerprint density at radius 3 is 2.80 bits per heavy atom. The van der Waals surface area contributed by atoms with Crippen LogP contribution in [0.4, 0.5) is 5.69 Å². The second kappa shape index (κ2) is 6.22. The number of hydrogen-bond acceptors (Lipinski definition) is 2. The second-order valence-corrected chi connectivity index (χ2v) is 6.02. The fourth-order valence-corrected chi connectivity index (χ4v) is 2.51. The lowest BCUT2D eigenvalue weighted by Gasteiger charge is -2.13. The van der Waals surface area contributed by atoms with Gasteiger partial charge in [0.1, 0.15) is 5.69 Å². The molecule has 0 aliphatic rings. The van der Waals surface area contributed by atoms with E-state index in [-0.39, 0.29) is 10.7 Å². The van der Waals surface area contributed by atoms with Crippen LogP contribution in [0.3, 0.4) is 0 Å². The van der Waals surface area contributed by atoms with Crippen molar-refractivity contribution in [3.8, 4) is 0 Å². The van der Waals surface area contributed by atoms with E-state index in [2.05, 4.69) is 26.3 Å². The van der Waals surface area contributed by atoms with Gasteiger partial charge in [-0.05, 0) is 38.5 Å². The summed E-state index contributed by atoms with van der Waals surface area (Å²) in [6.45, 7) is 6.56. The zero-order valence-corrected chi connectivity index (χ0v) is 13.4. The summed E-state index contributed by atoms with van der Waals surface area (Å²) < 4.78 is 1.71. The molecule has 1 atom stereocenters. The predicted molar refractivity (Wildman–Crippen MR) is 84.4 cm³/mol. The van der Waals surface area contributed by atoms with Crippen molar-refractivity contribution < 1.29 is 4.79 Å². The Balaban J connectivity index is 2.28.